The minimum atomic E-state index is -3.67. The monoisotopic (exact) mass is 333 g/mol. The third kappa shape index (κ3) is 3.92. The van der Waals surface area contributed by atoms with Crippen molar-refractivity contribution in [3.05, 3.63) is 16.2 Å². The Balaban J connectivity index is 2.15. The summed E-state index contributed by atoms with van der Waals surface area (Å²) in [7, 11) is -3.67. The smallest absolute Gasteiger partial charge is 0.304 e. The predicted molar refractivity (Wildman–Crippen MR) is 82.3 cm³/mol. The van der Waals surface area contributed by atoms with E-state index < -0.39 is 14.9 Å². The largest absolute Gasteiger partial charge is 0.371 e. The molecule has 7 nitrogen and oxygen atoms in total. The van der Waals surface area contributed by atoms with Crippen LogP contribution in [0, 0.1) is 16.0 Å². The molecule has 0 saturated heterocycles. The number of rotatable bonds is 8. The van der Waals surface area contributed by atoms with Crippen LogP contribution < -0.4 is 10.0 Å². The second-order valence-electron chi connectivity index (χ2n) is 5.11. The van der Waals surface area contributed by atoms with E-state index in [4.69, 9.17) is 0 Å². The molecule has 2 rings (SSSR count). The van der Waals surface area contributed by atoms with E-state index in [1.807, 2.05) is 6.92 Å². The molecule has 0 aromatic carbocycles. The number of anilines is 1. The van der Waals surface area contributed by atoms with Crippen molar-refractivity contribution in [2.45, 2.75) is 36.8 Å². The van der Waals surface area contributed by atoms with Gasteiger partial charge in [-0.3, -0.25) is 10.1 Å². The van der Waals surface area contributed by atoms with Crippen LogP contribution in [0.25, 0.3) is 0 Å². The van der Waals surface area contributed by atoms with Gasteiger partial charge < -0.3 is 5.32 Å². The Hall–Kier alpha value is -1.19. The average molecular weight is 333 g/mol. The lowest BCUT2D eigenvalue weighted by molar-refractivity contribution is -0.383. The van der Waals surface area contributed by atoms with Crippen LogP contribution in [0.1, 0.15) is 32.6 Å². The topological polar surface area (TPSA) is 101 Å². The molecule has 0 aliphatic heterocycles. The first kappa shape index (κ1) is 16.2. The van der Waals surface area contributed by atoms with Gasteiger partial charge in [0.15, 0.2) is 5.00 Å². The number of thiophene rings is 1. The van der Waals surface area contributed by atoms with Crippen molar-refractivity contribution in [2.24, 2.45) is 5.92 Å². The molecule has 0 spiro atoms. The van der Waals surface area contributed by atoms with E-state index in [0.29, 0.717) is 24.0 Å². The second kappa shape index (κ2) is 6.71. The van der Waals surface area contributed by atoms with E-state index in [9.17, 15) is 18.5 Å². The molecular formula is C12H19N3O4S2. The summed E-state index contributed by atoms with van der Waals surface area (Å²) in [5.41, 5.74) is -0.183. The first-order chi connectivity index (χ1) is 9.94. The highest BCUT2D eigenvalue weighted by atomic mass is 32.2. The molecule has 1 aliphatic rings. The van der Waals surface area contributed by atoms with Crippen LogP contribution in [0.4, 0.5) is 10.7 Å². The molecule has 0 radical (unpaired) electrons. The number of nitro groups is 1. The lowest BCUT2D eigenvalue weighted by atomic mass is 9.86. The third-order valence-corrected chi connectivity index (χ3v) is 6.45. The van der Waals surface area contributed by atoms with E-state index in [-0.39, 0.29) is 9.90 Å². The van der Waals surface area contributed by atoms with Crippen molar-refractivity contribution in [3.63, 3.8) is 0 Å². The number of nitrogens with one attached hydrogen (secondary N) is 2. The molecule has 1 aliphatic carbocycles. The minimum absolute atomic E-state index is 0.00729. The summed E-state index contributed by atoms with van der Waals surface area (Å²) < 4.78 is 26.9. The van der Waals surface area contributed by atoms with Crippen molar-refractivity contribution in [1.82, 2.24) is 4.72 Å². The van der Waals surface area contributed by atoms with Crippen LogP contribution in [0.15, 0.2) is 10.3 Å². The molecule has 1 aromatic rings. The van der Waals surface area contributed by atoms with E-state index >= 15 is 0 Å². The molecule has 0 atom stereocenters. The van der Waals surface area contributed by atoms with Crippen LogP contribution >= 0.6 is 11.3 Å². The normalized spacial score (nSPS) is 15.7. The zero-order valence-corrected chi connectivity index (χ0v) is 13.4. The van der Waals surface area contributed by atoms with Gasteiger partial charge in [0.25, 0.3) is 0 Å². The number of sulfonamides is 1. The van der Waals surface area contributed by atoms with Gasteiger partial charge in [0.05, 0.1) is 4.92 Å². The Bertz CT molecular complexity index is 608. The van der Waals surface area contributed by atoms with Gasteiger partial charge >= 0.3 is 5.69 Å². The quantitative estimate of drug-likeness (QED) is 0.562. The molecule has 1 heterocycles. The zero-order valence-electron chi connectivity index (χ0n) is 11.8. The lowest BCUT2D eigenvalue weighted by Crippen LogP contribution is -2.31. The fourth-order valence-corrected chi connectivity index (χ4v) is 4.50. The average Bonchev–Trinajstić information content (AvgIpc) is 2.79. The Morgan fingerprint density at radius 2 is 2.19 bits per heavy atom. The van der Waals surface area contributed by atoms with Crippen molar-refractivity contribution in [3.8, 4) is 0 Å². The molecule has 0 unspecified atom stereocenters. The molecular weight excluding hydrogens is 314 g/mol. The molecule has 118 valence electrons. The predicted octanol–water partition coefficient (Wildman–Crippen LogP) is 2.56. The molecule has 21 heavy (non-hydrogen) atoms. The van der Waals surface area contributed by atoms with Crippen LogP contribution in [0.3, 0.4) is 0 Å². The first-order valence-corrected chi connectivity index (χ1v) is 9.25. The second-order valence-corrected chi connectivity index (χ2v) is 8.16. The minimum Gasteiger partial charge on any atom is -0.371 e. The SMILES string of the molecule is CCCNc1sc(S(=O)(=O)NCC2CCC2)cc1[N+](=O)[O-]. The Morgan fingerprint density at radius 3 is 2.71 bits per heavy atom. The van der Waals surface area contributed by atoms with Gasteiger partial charge in [0.2, 0.25) is 10.0 Å². The Kier molecular flexibility index (Phi) is 5.17. The fraction of sp³-hybridized carbons (Fsp3) is 0.667. The highest BCUT2D eigenvalue weighted by Gasteiger charge is 2.27. The summed E-state index contributed by atoms with van der Waals surface area (Å²) in [6.45, 7) is 2.91. The number of hydrogen-bond donors (Lipinski definition) is 2. The summed E-state index contributed by atoms with van der Waals surface area (Å²) >= 11 is 0.909. The number of nitrogens with zero attached hydrogens (tertiary/aromatic N) is 1. The standard InChI is InChI=1S/C12H19N3O4S2/c1-2-6-13-12-10(15(16)17)7-11(20-12)21(18,19)14-8-9-4-3-5-9/h7,9,13-14H,2-6,8H2,1H3. The summed E-state index contributed by atoms with van der Waals surface area (Å²) in [6, 6.07) is 1.13. The molecule has 1 fully saturated rings. The fourth-order valence-electron chi connectivity index (χ4n) is 1.99. The van der Waals surface area contributed by atoms with Crippen molar-refractivity contribution in [2.75, 3.05) is 18.4 Å². The van der Waals surface area contributed by atoms with Gasteiger partial charge in [-0.25, -0.2) is 13.1 Å². The molecule has 2 N–H and O–H groups in total. The van der Waals surface area contributed by atoms with Crippen molar-refractivity contribution >= 4 is 32.0 Å². The maximum Gasteiger partial charge on any atom is 0.304 e. The van der Waals surface area contributed by atoms with Gasteiger partial charge in [-0.1, -0.05) is 24.7 Å². The van der Waals surface area contributed by atoms with Crippen molar-refractivity contribution < 1.29 is 13.3 Å². The first-order valence-electron chi connectivity index (χ1n) is 6.95. The van der Waals surface area contributed by atoms with E-state index in [2.05, 4.69) is 10.0 Å². The van der Waals surface area contributed by atoms with Gasteiger partial charge in [-0.15, -0.1) is 0 Å². The zero-order chi connectivity index (χ0) is 15.5. The summed E-state index contributed by atoms with van der Waals surface area (Å²) in [5.74, 6) is 0.396. The molecule has 1 aromatic heterocycles. The van der Waals surface area contributed by atoms with E-state index in [0.717, 1.165) is 43.1 Å². The van der Waals surface area contributed by atoms with Crippen molar-refractivity contribution in [1.29, 1.82) is 0 Å². The van der Waals surface area contributed by atoms with E-state index in [1.54, 1.807) is 0 Å². The number of hydrogen-bond acceptors (Lipinski definition) is 6. The Labute approximate surface area is 127 Å². The summed E-state index contributed by atoms with van der Waals surface area (Å²) in [6.07, 6.45) is 4.02. The maximum absolute atomic E-state index is 12.2. The Morgan fingerprint density at radius 1 is 1.48 bits per heavy atom. The van der Waals surface area contributed by atoms with Gasteiger partial charge in [0, 0.05) is 19.2 Å². The van der Waals surface area contributed by atoms with E-state index in [1.165, 1.54) is 0 Å². The molecule has 9 heteroatoms. The third-order valence-electron chi connectivity index (χ3n) is 3.47. The summed E-state index contributed by atoms with van der Waals surface area (Å²) in [4.78, 5) is 10.4. The lowest BCUT2D eigenvalue weighted by Gasteiger charge is -2.25. The van der Waals surface area contributed by atoms with Gasteiger partial charge in [0.1, 0.15) is 4.21 Å². The van der Waals surface area contributed by atoms with Gasteiger partial charge in [-0.05, 0) is 25.2 Å². The highest BCUT2D eigenvalue weighted by molar-refractivity contribution is 7.91. The molecule has 0 amide bonds. The molecule has 1 saturated carbocycles. The molecule has 0 bridgehead atoms. The van der Waals surface area contributed by atoms with Gasteiger partial charge in [-0.2, -0.15) is 0 Å². The maximum atomic E-state index is 12.2. The highest BCUT2D eigenvalue weighted by Crippen LogP contribution is 2.37. The van der Waals surface area contributed by atoms with Crippen LogP contribution in [-0.2, 0) is 10.0 Å². The van der Waals surface area contributed by atoms with Crippen LogP contribution in [0.5, 0.6) is 0 Å². The van der Waals surface area contributed by atoms with Crippen LogP contribution in [-0.4, -0.2) is 26.4 Å². The van der Waals surface area contributed by atoms with Crippen LogP contribution in [0.2, 0.25) is 0 Å². The summed E-state index contributed by atoms with van der Waals surface area (Å²) in [5, 5.41) is 14.2.